The number of urea groups is 1. The Kier molecular flexibility index (Phi) is 5.38. The van der Waals surface area contributed by atoms with Gasteiger partial charge in [-0.05, 0) is 18.4 Å². The Morgan fingerprint density at radius 3 is 2.90 bits per heavy atom. The van der Waals surface area contributed by atoms with Crippen LogP contribution in [0, 0.1) is 0 Å². The molecular formula is C15H22N2O3. The van der Waals surface area contributed by atoms with Crippen molar-refractivity contribution in [2.75, 3.05) is 26.8 Å². The van der Waals surface area contributed by atoms with E-state index < -0.39 is 0 Å². The van der Waals surface area contributed by atoms with Crippen molar-refractivity contribution >= 4 is 6.03 Å². The molecule has 2 atom stereocenters. The van der Waals surface area contributed by atoms with Gasteiger partial charge in [-0.3, -0.25) is 0 Å². The van der Waals surface area contributed by atoms with E-state index in [1.807, 2.05) is 30.3 Å². The van der Waals surface area contributed by atoms with E-state index in [0.717, 1.165) is 18.4 Å². The first-order valence-electron chi connectivity index (χ1n) is 6.99. The predicted molar refractivity (Wildman–Crippen MR) is 76.4 cm³/mol. The van der Waals surface area contributed by atoms with Crippen molar-refractivity contribution in [3.63, 3.8) is 0 Å². The molecule has 1 aromatic carbocycles. The van der Waals surface area contributed by atoms with Crippen LogP contribution in [-0.4, -0.2) is 48.9 Å². The van der Waals surface area contributed by atoms with Gasteiger partial charge in [-0.2, -0.15) is 0 Å². The van der Waals surface area contributed by atoms with E-state index in [0.29, 0.717) is 13.2 Å². The standard InChI is InChI=1S/C15H22N2O3/c1-17(8-9-18)15(19)16-13-7-10-20-14(11-13)12-5-3-2-4-6-12/h2-6,13-14,18H,7-11H2,1H3,(H,16,19)/t13-,14+/m0/s1. The average Bonchev–Trinajstić information content (AvgIpc) is 2.48. The van der Waals surface area contributed by atoms with Gasteiger partial charge in [0.1, 0.15) is 0 Å². The Morgan fingerprint density at radius 1 is 1.45 bits per heavy atom. The number of hydrogen-bond acceptors (Lipinski definition) is 3. The number of nitrogens with one attached hydrogen (secondary N) is 1. The third-order valence-corrected chi connectivity index (χ3v) is 3.57. The second kappa shape index (κ2) is 7.26. The van der Waals surface area contributed by atoms with E-state index in [-0.39, 0.29) is 24.8 Å². The molecule has 0 saturated carbocycles. The molecule has 1 aliphatic rings. The smallest absolute Gasteiger partial charge is 0.317 e. The summed E-state index contributed by atoms with van der Waals surface area (Å²) in [7, 11) is 1.68. The van der Waals surface area contributed by atoms with Crippen molar-refractivity contribution in [3.05, 3.63) is 35.9 Å². The molecule has 5 nitrogen and oxygen atoms in total. The zero-order valence-corrected chi connectivity index (χ0v) is 11.8. The molecule has 1 aromatic rings. The Labute approximate surface area is 119 Å². The molecule has 2 N–H and O–H groups in total. The lowest BCUT2D eigenvalue weighted by atomic mass is 9.97. The minimum absolute atomic E-state index is 0.0235. The van der Waals surface area contributed by atoms with Crippen molar-refractivity contribution in [3.8, 4) is 0 Å². The number of aliphatic hydroxyl groups excluding tert-OH is 1. The molecule has 0 unspecified atom stereocenters. The van der Waals surface area contributed by atoms with Crippen molar-refractivity contribution in [2.24, 2.45) is 0 Å². The van der Waals surface area contributed by atoms with Crippen LogP contribution in [0.25, 0.3) is 0 Å². The second-order valence-corrected chi connectivity index (χ2v) is 5.09. The molecule has 0 aromatic heterocycles. The zero-order chi connectivity index (χ0) is 14.4. The first-order chi connectivity index (χ1) is 9.70. The summed E-state index contributed by atoms with van der Waals surface area (Å²) in [6.45, 7) is 0.968. The highest BCUT2D eigenvalue weighted by Gasteiger charge is 2.25. The number of nitrogens with zero attached hydrogens (tertiary/aromatic N) is 1. The fraction of sp³-hybridized carbons (Fsp3) is 0.533. The highest BCUT2D eigenvalue weighted by Crippen LogP contribution is 2.27. The maximum atomic E-state index is 11.9. The molecule has 0 aliphatic carbocycles. The molecule has 1 aliphatic heterocycles. The Bertz CT molecular complexity index is 424. The van der Waals surface area contributed by atoms with Gasteiger partial charge in [0.2, 0.25) is 0 Å². The Hall–Kier alpha value is -1.59. The number of carbonyl (C=O) groups is 1. The average molecular weight is 278 g/mol. The molecule has 1 fully saturated rings. The lowest BCUT2D eigenvalue weighted by molar-refractivity contribution is 0.00155. The van der Waals surface area contributed by atoms with Crippen LogP contribution in [-0.2, 0) is 4.74 Å². The molecule has 5 heteroatoms. The minimum Gasteiger partial charge on any atom is -0.395 e. The maximum Gasteiger partial charge on any atom is 0.317 e. The van der Waals surface area contributed by atoms with E-state index in [1.165, 1.54) is 4.90 Å². The first kappa shape index (κ1) is 14.8. The lowest BCUT2D eigenvalue weighted by Gasteiger charge is -2.31. The van der Waals surface area contributed by atoms with Gasteiger partial charge in [0.15, 0.2) is 0 Å². The number of hydrogen-bond donors (Lipinski definition) is 2. The minimum atomic E-state index is -0.141. The van der Waals surface area contributed by atoms with Gasteiger partial charge in [-0.1, -0.05) is 30.3 Å². The van der Waals surface area contributed by atoms with Gasteiger partial charge in [0.25, 0.3) is 0 Å². The molecule has 2 rings (SSSR count). The van der Waals surface area contributed by atoms with Crippen molar-refractivity contribution in [1.82, 2.24) is 10.2 Å². The number of aliphatic hydroxyl groups is 1. The highest BCUT2D eigenvalue weighted by molar-refractivity contribution is 5.74. The summed E-state index contributed by atoms with van der Waals surface area (Å²) in [6.07, 6.45) is 1.64. The highest BCUT2D eigenvalue weighted by atomic mass is 16.5. The van der Waals surface area contributed by atoms with Crippen LogP contribution in [0.1, 0.15) is 24.5 Å². The molecule has 20 heavy (non-hydrogen) atoms. The summed E-state index contributed by atoms with van der Waals surface area (Å²) in [4.78, 5) is 13.4. The molecule has 0 spiro atoms. The van der Waals surface area contributed by atoms with Crippen LogP contribution < -0.4 is 5.32 Å². The number of ether oxygens (including phenoxy) is 1. The molecule has 1 heterocycles. The number of benzene rings is 1. The van der Waals surface area contributed by atoms with Crippen molar-refractivity contribution in [1.29, 1.82) is 0 Å². The Balaban J connectivity index is 1.89. The summed E-state index contributed by atoms with van der Waals surface area (Å²) < 4.78 is 5.78. The summed E-state index contributed by atoms with van der Waals surface area (Å²) in [6, 6.07) is 10.0. The van der Waals surface area contributed by atoms with Crippen molar-refractivity contribution < 1.29 is 14.6 Å². The quantitative estimate of drug-likeness (QED) is 0.878. The number of amides is 2. The topological polar surface area (TPSA) is 61.8 Å². The normalized spacial score (nSPS) is 22.3. The van der Waals surface area contributed by atoms with Crippen LogP contribution in [0.5, 0.6) is 0 Å². The van der Waals surface area contributed by atoms with Crippen LogP contribution >= 0.6 is 0 Å². The van der Waals surface area contributed by atoms with E-state index in [2.05, 4.69) is 5.32 Å². The second-order valence-electron chi connectivity index (χ2n) is 5.09. The maximum absolute atomic E-state index is 11.9. The summed E-state index contributed by atoms with van der Waals surface area (Å²) in [5.74, 6) is 0. The van der Waals surface area contributed by atoms with Crippen LogP contribution in [0.3, 0.4) is 0 Å². The fourth-order valence-electron chi connectivity index (χ4n) is 2.36. The van der Waals surface area contributed by atoms with Crippen LogP contribution in [0.4, 0.5) is 4.79 Å². The monoisotopic (exact) mass is 278 g/mol. The van der Waals surface area contributed by atoms with Gasteiger partial charge in [-0.15, -0.1) is 0 Å². The van der Waals surface area contributed by atoms with Gasteiger partial charge >= 0.3 is 6.03 Å². The fourth-order valence-corrected chi connectivity index (χ4v) is 2.36. The molecule has 2 amide bonds. The molecule has 0 radical (unpaired) electrons. The largest absolute Gasteiger partial charge is 0.395 e. The SMILES string of the molecule is CN(CCO)C(=O)N[C@H]1CCO[C@@H](c2ccccc2)C1. The van der Waals surface area contributed by atoms with E-state index in [4.69, 9.17) is 9.84 Å². The van der Waals surface area contributed by atoms with Gasteiger partial charge < -0.3 is 20.1 Å². The number of rotatable bonds is 4. The van der Waals surface area contributed by atoms with Gasteiger partial charge in [-0.25, -0.2) is 4.79 Å². The summed E-state index contributed by atoms with van der Waals surface area (Å²) in [5.41, 5.74) is 1.15. The molecule has 110 valence electrons. The lowest BCUT2D eigenvalue weighted by Crippen LogP contribution is -2.46. The first-order valence-corrected chi connectivity index (χ1v) is 6.99. The third-order valence-electron chi connectivity index (χ3n) is 3.57. The van der Waals surface area contributed by atoms with E-state index in [9.17, 15) is 4.79 Å². The van der Waals surface area contributed by atoms with Crippen molar-refractivity contribution in [2.45, 2.75) is 25.0 Å². The summed E-state index contributed by atoms with van der Waals surface area (Å²) in [5, 5.41) is 11.8. The molecular weight excluding hydrogens is 256 g/mol. The number of carbonyl (C=O) groups excluding carboxylic acids is 1. The van der Waals surface area contributed by atoms with Crippen LogP contribution in [0.15, 0.2) is 30.3 Å². The van der Waals surface area contributed by atoms with E-state index >= 15 is 0 Å². The Morgan fingerprint density at radius 2 is 2.20 bits per heavy atom. The predicted octanol–water partition coefficient (Wildman–Crippen LogP) is 1.54. The van der Waals surface area contributed by atoms with Gasteiger partial charge in [0, 0.05) is 26.2 Å². The zero-order valence-electron chi connectivity index (χ0n) is 11.8. The number of likely N-dealkylation sites (N-methyl/N-ethyl adjacent to an activating group) is 1. The van der Waals surface area contributed by atoms with E-state index in [1.54, 1.807) is 7.05 Å². The molecule has 1 saturated heterocycles. The molecule has 0 bridgehead atoms. The summed E-state index contributed by atoms with van der Waals surface area (Å²) >= 11 is 0. The van der Waals surface area contributed by atoms with Crippen LogP contribution in [0.2, 0.25) is 0 Å². The third kappa shape index (κ3) is 3.95. The van der Waals surface area contributed by atoms with Gasteiger partial charge in [0.05, 0.1) is 12.7 Å².